The molecule has 2 nitrogen and oxygen atoms in total. The number of piperazine rings is 1. The van der Waals surface area contributed by atoms with Gasteiger partial charge in [-0.15, -0.1) is 0 Å². The smallest absolute Gasteiger partial charge is 0.0156 e. The first kappa shape index (κ1) is 9.00. The molecule has 15 heavy (non-hydrogen) atoms. The zero-order valence-electron chi connectivity index (χ0n) is 9.49. The number of nitrogens with zero attached hydrogens (tertiary/aromatic N) is 1. The molecule has 4 bridgehead atoms. The minimum Gasteiger partial charge on any atom is -0.314 e. The van der Waals surface area contributed by atoms with Gasteiger partial charge >= 0.3 is 0 Å². The number of rotatable bonds is 1. The van der Waals surface area contributed by atoms with Crippen LogP contribution in [0.1, 0.15) is 25.7 Å². The van der Waals surface area contributed by atoms with Crippen LogP contribution in [-0.2, 0) is 0 Å². The molecule has 5 rings (SSSR count). The second kappa shape index (κ2) is 3.21. The van der Waals surface area contributed by atoms with E-state index in [4.69, 9.17) is 0 Å². The summed E-state index contributed by atoms with van der Waals surface area (Å²) in [5.41, 5.74) is 0. The van der Waals surface area contributed by atoms with Crippen LogP contribution in [0.5, 0.6) is 0 Å². The zero-order chi connectivity index (χ0) is 9.83. The van der Waals surface area contributed by atoms with Gasteiger partial charge in [0.25, 0.3) is 0 Å². The first-order valence-electron chi connectivity index (χ1n) is 6.86. The third kappa shape index (κ3) is 1.24. The van der Waals surface area contributed by atoms with Crippen LogP contribution < -0.4 is 5.32 Å². The van der Waals surface area contributed by atoms with Crippen molar-refractivity contribution < 1.29 is 0 Å². The summed E-state index contributed by atoms with van der Waals surface area (Å²) in [5, 5.41) is 3.48. The van der Waals surface area contributed by atoms with Gasteiger partial charge in [-0.05, 0) is 49.4 Å². The van der Waals surface area contributed by atoms with Crippen LogP contribution in [0.3, 0.4) is 0 Å². The zero-order valence-corrected chi connectivity index (χ0v) is 9.49. The molecule has 84 valence electrons. The molecule has 1 saturated heterocycles. The molecule has 2 heteroatoms. The molecule has 0 aromatic carbocycles. The lowest BCUT2D eigenvalue weighted by Gasteiger charge is -2.42. The summed E-state index contributed by atoms with van der Waals surface area (Å²) in [7, 11) is 0. The standard InChI is InChI=1S/C13H22N2/c1-3-15(4-2-14-1)13-11-6-9-5-10(8-11)12(13)7-9/h9-14H,1-8H2. The highest BCUT2D eigenvalue weighted by Gasteiger charge is 2.55. The summed E-state index contributed by atoms with van der Waals surface area (Å²) in [5.74, 6) is 4.46. The summed E-state index contributed by atoms with van der Waals surface area (Å²) in [4.78, 5) is 2.83. The molecule has 1 N–H and O–H groups in total. The molecule has 1 aliphatic heterocycles. The van der Waals surface area contributed by atoms with Gasteiger partial charge in [-0.25, -0.2) is 0 Å². The molecule has 1 heterocycles. The molecule has 0 radical (unpaired) electrons. The van der Waals surface area contributed by atoms with Crippen molar-refractivity contribution in [1.29, 1.82) is 0 Å². The van der Waals surface area contributed by atoms with E-state index < -0.39 is 0 Å². The third-order valence-corrected chi connectivity index (χ3v) is 5.58. The third-order valence-electron chi connectivity index (χ3n) is 5.58. The predicted octanol–water partition coefficient (Wildman–Crippen LogP) is 1.33. The highest BCUT2D eigenvalue weighted by molar-refractivity contribution is 5.07. The van der Waals surface area contributed by atoms with Crippen molar-refractivity contribution in [1.82, 2.24) is 10.2 Å². The molecule has 0 aromatic rings. The van der Waals surface area contributed by atoms with E-state index in [1.807, 2.05) is 0 Å². The Kier molecular flexibility index (Phi) is 1.92. The Labute approximate surface area is 92.4 Å². The lowest BCUT2D eigenvalue weighted by molar-refractivity contribution is 0.0761. The van der Waals surface area contributed by atoms with Gasteiger partial charge in [-0.3, -0.25) is 4.90 Å². The molecule has 5 atom stereocenters. The van der Waals surface area contributed by atoms with Gasteiger partial charge in [0, 0.05) is 32.2 Å². The van der Waals surface area contributed by atoms with Crippen LogP contribution in [0.4, 0.5) is 0 Å². The monoisotopic (exact) mass is 206 g/mol. The van der Waals surface area contributed by atoms with Crippen molar-refractivity contribution in [2.75, 3.05) is 26.2 Å². The van der Waals surface area contributed by atoms with Crippen LogP contribution in [-0.4, -0.2) is 37.1 Å². The number of nitrogens with one attached hydrogen (secondary N) is 1. The van der Waals surface area contributed by atoms with Gasteiger partial charge < -0.3 is 5.32 Å². The second-order valence-corrected chi connectivity index (χ2v) is 6.27. The Hall–Kier alpha value is -0.0800. The maximum absolute atomic E-state index is 3.48. The van der Waals surface area contributed by atoms with Gasteiger partial charge in [-0.2, -0.15) is 0 Å². The van der Waals surface area contributed by atoms with Crippen LogP contribution in [0.2, 0.25) is 0 Å². The molecule has 5 aliphatic rings. The summed E-state index contributed by atoms with van der Waals surface area (Å²) < 4.78 is 0. The summed E-state index contributed by atoms with van der Waals surface area (Å²) >= 11 is 0. The van der Waals surface area contributed by atoms with Crippen LogP contribution in [0, 0.1) is 23.7 Å². The fourth-order valence-corrected chi connectivity index (χ4v) is 5.25. The molecule has 0 spiro atoms. The number of hydrogen-bond acceptors (Lipinski definition) is 2. The van der Waals surface area contributed by atoms with E-state index in [2.05, 4.69) is 10.2 Å². The summed E-state index contributed by atoms with van der Waals surface area (Å²) in [6.45, 7) is 5.08. The highest BCUT2D eigenvalue weighted by Crippen LogP contribution is 2.59. The fraction of sp³-hybridized carbons (Fsp3) is 1.00. The highest BCUT2D eigenvalue weighted by atomic mass is 15.2. The lowest BCUT2D eigenvalue weighted by atomic mass is 9.78. The van der Waals surface area contributed by atoms with E-state index in [9.17, 15) is 0 Å². The Balaban J connectivity index is 1.57. The molecule has 5 fully saturated rings. The molecule has 4 saturated carbocycles. The minimum absolute atomic E-state index is 0.996. The molecule has 5 unspecified atom stereocenters. The van der Waals surface area contributed by atoms with Gasteiger partial charge in [0.2, 0.25) is 0 Å². The van der Waals surface area contributed by atoms with Crippen LogP contribution in [0.25, 0.3) is 0 Å². The van der Waals surface area contributed by atoms with Gasteiger partial charge in [-0.1, -0.05) is 0 Å². The van der Waals surface area contributed by atoms with E-state index in [-0.39, 0.29) is 0 Å². The molecular weight excluding hydrogens is 184 g/mol. The van der Waals surface area contributed by atoms with Crippen molar-refractivity contribution in [3.63, 3.8) is 0 Å². The van der Waals surface area contributed by atoms with Crippen molar-refractivity contribution in [3.05, 3.63) is 0 Å². The predicted molar refractivity (Wildman–Crippen MR) is 60.7 cm³/mol. The Morgan fingerprint density at radius 2 is 1.67 bits per heavy atom. The van der Waals surface area contributed by atoms with E-state index >= 15 is 0 Å². The second-order valence-electron chi connectivity index (χ2n) is 6.27. The average molecular weight is 206 g/mol. The van der Waals surface area contributed by atoms with Crippen LogP contribution in [0.15, 0.2) is 0 Å². The maximum Gasteiger partial charge on any atom is 0.0156 e. The molecule has 4 aliphatic carbocycles. The summed E-state index contributed by atoms with van der Waals surface area (Å²) in [6, 6.07) is 0.996. The molecule has 0 amide bonds. The Morgan fingerprint density at radius 3 is 2.47 bits per heavy atom. The van der Waals surface area contributed by atoms with Crippen molar-refractivity contribution in [2.24, 2.45) is 23.7 Å². The quantitative estimate of drug-likeness (QED) is 0.696. The molecule has 0 aromatic heterocycles. The van der Waals surface area contributed by atoms with E-state index in [0.29, 0.717) is 0 Å². The first-order chi connectivity index (χ1) is 7.42. The molecular formula is C13H22N2. The van der Waals surface area contributed by atoms with Crippen molar-refractivity contribution in [2.45, 2.75) is 31.7 Å². The minimum atomic E-state index is 0.996. The lowest BCUT2D eigenvalue weighted by Crippen LogP contribution is -2.52. The van der Waals surface area contributed by atoms with E-state index in [1.54, 1.807) is 25.7 Å². The SMILES string of the molecule is C1CN(C2C3CC4CC(C3)C2C4)CCN1. The topological polar surface area (TPSA) is 15.3 Å². The van der Waals surface area contributed by atoms with Gasteiger partial charge in [0.1, 0.15) is 0 Å². The largest absolute Gasteiger partial charge is 0.314 e. The normalized spacial score (nSPS) is 54.0. The van der Waals surface area contributed by atoms with Gasteiger partial charge in [0.15, 0.2) is 0 Å². The Morgan fingerprint density at radius 1 is 0.867 bits per heavy atom. The summed E-state index contributed by atoms with van der Waals surface area (Å²) in [6.07, 6.45) is 6.32. The van der Waals surface area contributed by atoms with Crippen LogP contribution >= 0.6 is 0 Å². The van der Waals surface area contributed by atoms with Gasteiger partial charge in [0.05, 0.1) is 0 Å². The first-order valence-corrected chi connectivity index (χ1v) is 6.86. The average Bonchev–Trinajstić information content (AvgIpc) is 2.68. The Bertz CT molecular complexity index is 255. The van der Waals surface area contributed by atoms with Crippen molar-refractivity contribution >= 4 is 0 Å². The van der Waals surface area contributed by atoms with Crippen molar-refractivity contribution in [3.8, 4) is 0 Å². The fourth-order valence-electron chi connectivity index (χ4n) is 5.25. The van der Waals surface area contributed by atoms with E-state index in [0.717, 1.165) is 29.7 Å². The van der Waals surface area contributed by atoms with E-state index in [1.165, 1.54) is 26.2 Å². The number of hydrogen-bond donors (Lipinski definition) is 1. The maximum atomic E-state index is 3.48.